The zero-order valence-electron chi connectivity index (χ0n) is 13.3. The van der Waals surface area contributed by atoms with Crippen molar-refractivity contribution in [2.45, 2.75) is 26.4 Å². The Labute approximate surface area is 143 Å². The number of carbonyl (C=O) groups is 1. The molecule has 0 radical (unpaired) electrons. The van der Waals surface area contributed by atoms with Gasteiger partial charge in [0.05, 0.1) is 12.4 Å². The van der Waals surface area contributed by atoms with Gasteiger partial charge in [0.15, 0.2) is 0 Å². The molecule has 3 aromatic heterocycles. The van der Waals surface area contributed by atoms with E-state index in [1.807, 2.05) is 48.8 Å². The third-order valence-corrected chi connectivity index (χ3v) is 5.20. The highest BCUT2D eigenvalue weighted by Gasteiger charge is 2.22. The van der Waals surface area contributed by atoms with E-state index < -0.39 is 0 Å². The number of aryl methyl sites for hydroxylation is 1. The molecule has 0 aromatic carbocycles. The molecule has 1 amide bonds. The van der Waals surface area contributed by atoms with Gasteiger partial charge in [-0.15, -0.1) is 11.3 Å². The molecule has 120 valence electrons. The lowest BCUT2D eigenvalue weighted by Crippen LogP contribution is -2.35. The van der Waals surface area contributed by atoms with E-state index in [1.54, 1.807) is 28.4 Å². The van der Waals surface area contributed by atoms with Crippen LogP contribution in [0.2, 0.25) is 0 Å². The first-order valence-electron chi connectivity index (χ1n) is 7.31. The molecule has 3 rings (SSSR count). The van der Waals surface area contributed by atoms with Gasteiger partial charge in [-0.3, -0.25) is 9.48 Å². The fraction of sp³-hybridized carbons (Fsp3) is 0.312. The Bertz CT molecular complexity index is 789. The lowest BCUT2D eigenvalue weighted by atomic mass is 10.2. The number of rotatable bonds is 5. The molecule has 7 heteroatoms. The molecule has 0 aliphatic rings. The molecule has 0 bridgehead atoms. The van der Waals surface area contributed by atoms with Gasteiger partial charge in [-0.1, -0.05) is 0 Å². The second-order valence-corrected chi connectivity index (χ2v) is 7.40. The Balaban J connectivity index is 1.81. The van der Waals surface area contributed by atoms with Crippen LogP contribution in [0.15, 0.2) is 35.4 Å². The van der Waals surface area contributed by atoms with Crippen molar-refractivity contribution >= 4 is 28.6 Å². The Hall–Kier alpha value is -1.99. The number of thiazole rings is 1. The topological polar surface area (TPSA) is 51.0 Å². The Kier molecular flexibility index (Phi) is 4.58. The van der Waals surface area contributed by atoms with Crippen molar-refractivity contribution in [2.24, 2.45) is 7.05 Å². The first-order valence-corrected chi connectivity index (χ1v) is 9.07. The predicted molar refractivity (Wildman–Crippen MR) is 93.6 cm³/mol. The van der Waals surface area contributed by atoms with E-state index in [1.165, 1.54) is 11.3 Å². The molecule has 5 nitrogen and oxygen atoms in total. The van der Waals surface area contributed by atoms with E-state index in [-0.39, 0.29) is 11.9 Å². The zero-order chi connectivity index (χ0) is 16.4. The summed E-state index contributed by atoms with van der Waals surface area (Å²) in [7, 11) is 1.88. The van der Waals surface area contributed by atoms with Crippen LogP contribution in [0.25, 0.3) is 10.6 Å². The van der Waals surface area contributed by atoms with E-state index >= 15 is 0 Å². The molecule has 3 heterocycles. The molecule has 0 aliphatic heterocycles. The van der Waals surface area contributed by atoms with Crippen LogP contribution < -0.4 is 0 Å². The van der Waals surface area contributed by atoms with E-state index in [0.717, 1.165) is 16.1 Å². The Morgan fingerprint density at radius 2 is 2.22 bits per heavy atom. The third-order valence-electron chi connectivity index (χ3n) is 3.48. The molecule has 0 aliphatic carbocycles. The number of amides is 1. The zero-order valence-corrected chi connectivity index (χ0v) is 14.9. The van der Waals surface area contributed by atoms with Gasteiger partial charge in [-0.2, -0.15) is 16.4 Å². The van der Waals surface area contributed by atoms with Crippen molar-refractivity contribution in [3.05, 3.63) is 45.9 Å². The summed E-state index contributed by atoms with van der Waals surface area (Å²) in [6.07, 6.45) is 5.41. The van der Waals surface area contributed by atoms with Crippen molar-refractivity contribution in [1.82, 2.24) is 19.7 Å². The molecule has 0 N–H and O–H groups in total. The van der Waals surface area contributed by atoms with Crippen LogP contribution >= 0.6 is 22.7 Å². The maximum atomic E-state index is 12.9. The van der Waals surface area contributed by atoms with Crippen molar-refractivity contribution in [3.8, 4) is 10.6 Å². The third kappa shape index (κ3) is 3.51. The van der Waals surface area contributed by atoms with Gasteiger partial charge >= 0.3 is 0 Å². The summed E-state index contributed by atoms with van der Waals surface area (Å²) < 4.78 is 1.75. The minimum Gasteiger partial charge on any atom is -0.331 e. The van der Waals surface area contributed by atoms with E-state index in [2.05, 4.69) is 10.1 Å². The summed E-state index contributed by atoms with van der Waals surface area (Å²) in [5.74, 6) is 0.0165. The van der Waals surface area contributed by atoms with Crippen LogP contribution in [0.3, 0.4) is 0 Å². The van der Waals surface area contributed by atoms with Crippen LogP contribution in [0.1, 0.15) is 29.1 Å². The first-order chi connectivity index (χ1) is 11.0. The summed E-state index contributed by atoms with van der Waals surface area (Å²) in [6, 6.07) is 2.13. The number of hydrogen-bond donors (Lipinski definition) is 0. The average Bonchev–Trinajstić information content (AvgIpc) is 3.24. The van der Waals surface area contributed by atoms with Crippen LogP contribution in [-0.4, -0.2) is 31.6 Å². The molecule has 0 saturated carbocycles. The molecule has 0 atom stereocenters. The van der Waals surface area contributed by atoms with E-state index in [4.69, 9.17) is 0 Å². The maximum absolute atomic E-state index is 12.9. The summed E-state index contributed by atoms with van der Waals surface area (Å²) in [4.78, 5) is 19.8. The largest absolute Gasteiger partial charge is 0.331 e. The van der Waals surface area contributed by atoms with Crippen molar-refractivity contribution < 1.29 is 4.79 Å². The predicted octanol–water partition coefficient (Wildman–Crippen LogP) is 3.66. The minimum absolute atomic E-state index is 0.0165. The van der Waals surface area contributed by atoms with E-state index in [0.29, 0.717) is 11.4 Å². The van der Waals surface area contributed by atoms with Gasteiger partial charge in [-0.05, 0) is 25.3 Å². The molecule has 0 fully saturated rings. The molecule has 23 heavy (non-hydrogen) atoms. The second kappa shape index (κ2) is 6.64. The monoisotopic (exact) mass is 346 g/mol. The number of carbonyl (C=O) groups excluding carboxylic acids is 1. The minimum atomic E-state index is 0.0165. The normalized spacial score (nSPS) is 11.1. The summed E-state index contributed by atoms with van der Waals surface area (Å²) in [5.41, 5.74) is 2.10. The number of aromatic nitrogens is 3. The quantitative estimate of drug-likeness (QED) is 0.708. The number of thiophene rings is 1. The highest BCUT2D eigenvalue weighted by molar-refractivity contribution is 7.17. The van der Waals surface area contributed by atoms with Crippen molar-refractivity contribution in [2.75, 3.05) is 0 Å². The lowest BCUT2D eigenvalue weighted by Gasteiger charge is -2.25. The smallest absolute Gasteiger partial charge is 0.266 e. The summed E-state index contributed by atoms with van der Waals surface area (Å²) in [6.45, 7) is 4.60. The van der Waals surface area contributed by atoms with Gasteiger partial charge in [0.25, 0.3) is 5.91 Å². The first kappa shape index (κ1) is 15.9. The number of hydrogen-bond acceptors (Lipinski definition) is 5. The van der Waals surface area contributed by atoms with Crippen LogP contribution in [0, 0.1) is 0 Å². The van der Waals surface area contributed by atoms with Gasteiger partial charge in [-0.25, -0.2) is 4.98 Å². The standard InChI is InChI=1S/C16H18N4OS2/c1-11(2)20(9-12-6-18-19(3)8-12)16(21)14-7-17-15(23-14)13-4-5-22-10-13/h4-8,10-11H,9H2,1-3H3. The highest BCUT2D eigenvalue weighted by atomic mass is 32.1. The Morgan fingerprint density at radius 3 is 2.83 bits per heavy atom. The fourth-order valence-corrected chi connectivity index (χ4v) is 3.86. The van der Waals surface area contributed by atoms with Crippen molar-refractivity contribution in [1.29, 1.82) is 0 Å². The van der Waals surface area contributed by atoms with Gasteiger partial charge in [0.1, 0.15) is 9.88 Å². The highest BCUT2D eigenvalue weighted by Crippen LogP contribution is 2.28. The number of nitrogens with zero attached hydrogens (tertiary/aromatic N) is 4. The van der Waals surface area contributed by atoms with E-state index in [9.17, 15) is 4.79 Å². The van der Waals surface area contributed by atoms with Crippen LogP contribution in [-0.2, 0) is 13.6 Å². The summed E-state index contributed by atoms with van der Waals surface area (Å²) in [5, 5.41) is 9.12. The van der Waals surface area contributed by atoms with Crippen LogP contribution in [0.5, 0.6) is 0 Å². The maximum Gasteiger partial charge on any atom is 0.266 e. The van der Waals surface area contributed by atoms with Crippen molar-refractivity contribution in [3.63, 3.8) is 0 Å². The van der Waals surface area contributed by atoms with Gasteiger partial charge in [0.2, 0.25) is 0 Å². The molecular weight excluding hydrogens is 328 g/mol. The molecule has 0 spiro atoms. The molecule has 3 aromatic rings. The molecular formula is C16H18N4OS2. The lowest BCUT2D eigenvalue weighted by molar-refractivity contribution is 0.0695. The summed E-state index contributed by atoms with van der Waals surface area (Å²) >= 11 is 3.07. The molecule has 0 saturated heterocycles. The Morgan fingerprint density at radius 1 is 1.39 bits per heavy atom. The molecule has 0 unspecified atom stereocenters. The second-order valence-electron chi connectivity index (χ2n) is 5.59. The average molecular weight is 346 g/mol. The fourth-order valence-electron chi connectivity index (χ4n) is 2.27. The van der Waals surface area contributed by atoms with Crippen LogP contribution in [0.4, 0.5) is 0 Å². The van der Waals surface area contributed by atoms with Gasteiger partial charge < -0.3 is 4.90 Å². The van der Waals surface area contributed by atoms with Gasteiger partial charge in [0, 0.05) is 42.3 Å². The SMILES string of the molecule is CC(C)N(Cc1cnn(C)c1)C(=O)c1cnc(-c2ccsc2)s1.